The van der Waals surface area contributed by atoms with Crippen LogP contribution in [0.25, 0.3) is 0 Å². The zero-order chi connectivity index (χ0) is 15.9. The first-order valence-electron chi connectivity index (χ1n) is 6.50. The molecule has 5 heteroatoms. The first kappa shape index (κ1) is 15.4. The Balaban J connectivity index is 2.77. The molecule has 0 saturated heterocycles. The fourth-order valence-electron chi connectivity index (χ4n) is 2.32. The van der Waals surface area contributed by atoms with Crippen molar-refractivity contribution in [2.24, 2.45) is 0 Å². The van der Waals surface area contributed by atoms with Crippen molar-refractivity contribution < 1.29 is 18.6 Å². The molecule has 0 atom stereocenters. The summed E-state index contributed by atoms with van der Waals surface area (Å²) >= 11 is 0. The second-order valence-electron chi connectivity index (χ2n) is 5.31. The fraction of sp³-hybridized carbons (Fsp3) is 0.250. The molecule has 0 unspecified atom stereocenters. The van der Waals surface area contributed by atoms with Crippen LogP contribution in [0.4, 0.5) is 0 Å². The van der Waals surface area contributed by atoms with Crippen molar-refractivity contribution in [3.63, 3.8) is 0 Å². The maximum Gasteiger partial charge on any atom is 0.207 e. The molecule has 0 bridgehead atoms. The number of benzene rings is 2. The van der Waals surface area contributed by atoms with Gasteiger partial charge in [0.1, 0.15) is 11.5 Å². The summed E-state index contributed by atoms with van der Waals surface area (Å²) in [7, 11) is -3.80. The second-order valence-corrected chi connectivity index (χ2v) is 7.20. The summed E-state index contributed by atoms with van der Waals surface area (Å²) in [5, 5.41) is 19.6. The molecule has 0 heterocycles. The van der Waals surface area contributed by atoms with E-state index >= 15 is 0 Å². The van der Waals surface area contributed by atoms with E-state index in [9.17, 15) is 18.6 Å². The van der Waals surface area contributed by atoms with Crippen LogP contribution >= 0.6 is 0 Å². The molecule has 2 aromatic carbocycles. The molecule has 0 aliphatic carbocycles. The standard InChI is InChI=1S/C16H18O4S/c1-9-5-14(18)12(4)16(6-9)21(19,20)15-8-13(17)10(2)7-11(15)3/h5-8,17-18H,1-4H3. The van der Waals surface area contributed by atoms with Gasteiger partial charge in [-0.25, -0.2) is 8.42 Å². The summed E-state index contributed by atoms with van der Waals surface area (Å²) in [6, 6.07) is 5.95. The summed E-state index contributed by atoms with van der Waals surface area (Å²) < 4.78 is 25.6. The molecule has 4 nitrogen and oxygen atoms in total. The van der Waals surface area contributed by atoms with E-state index in [4.69, 9.17) is 0 Å². The first-order chi connectivity index (χ1) is 9.64. The fourth-order valence-corrected chi connectivity index (χ4v) is 4.15. The van der Waals surface area contributed by atoms with Gasteiger partial charge in [0.05, 0.1) is 9.79 Å². The van der Waals surface area contributed by atoms with Gasteiger partial charge in [-0.05, 0) is 62.6 Å². The number of aromatic hydroxyl groups is 2. The Morgan fingerprint density at radius 3 is 2.00 bits per heavy atom. The third kappa shape index (κ3) is 2.61. The highest BCUT2D eigenvalue weighted by Gasteiger charge is 2.24. The van der Waals surface area contributed by atoms with E-state index in [1.54, 1.807) is 33.8 Å². The van der Waals surface area contributed by atoms with Crippen LogP contribution in [-0.2, 0) is 9.84 Å². The molecule has 0 aromatic heterocycles. The molecule has 112 valence electrons. The van der Waals surface area contributed by atoms with Gasteiger partial charge >= 0.3 is 0 Å². The van der Waals surface area contributed by atoms with E-state index in [-0.39, 0.29) is 21.3 Å². The number of hydrogen-bond donors (Lipinski definition) is 2. The summed E-state index contributed by atoms with van der Waals surface area (Å²) in [5.74, 6) is -0.115. The minimum absolute atomic E-state index is 0.0532. The lowest BCUT2D eigenvalue weighted by molar-refractivity contribution is 0.467. The van der Waals surface area contributed by atoms with Gasteiger partial charge < -0.3 is 10.2 Å². The SMILES string of the molecule is Cc1cc(O)c(C)c(S(=O)(=O)c2cc(O)c(C)cc2C)c1. The summed E-state index contributed by atoms with van der Waals surface area (Å²) in [5.41, 5.74) is 2.15. The molecular weight excluding hydrogens is 288 g/mol. The molecule has 0 aliphatic rings. The van der Waals surface area contributed by atoms with E-state index in [1.165, 1.54) is 18.2 Å². The Bertz CT molecular complexity index is 821. The Morgan fingerprint density at radius 2 is 1.38 bits per heavy atom. The van der Waals surface area contributed by atoms with Gasteiger partial charge in [-0.2, -0.15) is 0 Å². The average molecular weight is 306 g/mol. The van der Waals surface area contributed by atoms with Crippen LogP contribution in [0.2, 0.25) is 0 Å². The van der Waals surface area contributed by atoms with E-state index in [1.807, 2.05) is 0 Å². The zero-order valence-corrected chi connectivity index (χ0v) is 13.2. The Labute approximate surface area is 124 Å². The number of sulfone groups is 1. The largest absolute Gasteiger partial charge is 0.508 e. The van der Waals surface area contributed by atoms with Crippen LogP contribution in [0.15, 0.2) is 34.1 Å². The molecule has 0 amide bonds. The lowest BCUT2D eigenvalue weighted by Gasteiger charge is -2.13. The lowest BCUT2D eigenvalue weighted by atomic mass is 10.1. The van der Waals surface area contributed by atoms with E-state index in [0.29, 0.717) is 22.3 Å². The van der Waals surface area contributed by atoms with Crippen molar-refractivity contribution in [1.29, 1.82) is 0 Å². The lowest BCUT2D eigenvalue weighted by Crippen LogP contribution is -2.07. The van der Waals surface area contributed by atoms with Crippen molar-refractivity contribution in [3.05, 3.63) is 46.5 Å². The van der Waals surface area contributed by atoms with E-state index < -0.39 is 9.84 Å². The monoisotopic (exact) mass is 306 g/mol. The van der Waals surface area contributed by atoms with E-state index in [0.717, 1.165) is 0 Å². The molecule has 0 spiro atoms. The van der Waals surface area contributed by atoms with Crippen molar-refractivity contribution in [2.75, 3.05) is 0 Å². The topological polar surface area (TPSA) is 74.6 Å². The molecule has 2 N–H and O–H groups in total. The van der Waals surface area contributed by atoms with Crippen LogP contribution < -0.4 is 0 Å². The molecule has 0 saturated carbocycles. The van der Waals surface area contributed by atoms with Crippen LogP contribution in [0, 0.1) is 27.7 Å². The predicted octanol–water partition coefficient (Wildman–Crippen LogP) is 3.16. The van der Waals surface area contributed by atoms with Gasteiger partial charge in [0, 0.05) is 5.56 Å². The Hall–Kier alpha value is -2.01. The van der Waals surface area contributed by atoms with Crippen molar-refractivity contribution in [2.45, 2.75) is 37.5 Å². The quantitative estimate of drug-likeness (QED) is 0.893. The predicted molar refractivity (Wildman–Crippen MR) is 80.6 cm³/mol. The van der Waals surface area contributed by atoms with Gasteiger partial charge in [-0.1, -0.05) is 6.07 Å². The summed E-state index contributed by atoms with van der Waals surface area (Å²) in [4.78, 5) is 0.116. The van der Waals surface area contributed by atoms with Gasteiger partial charge in [-0.15, -0.1) is 0 Å². The van der Waals surface area contributed by atoms with Gasteiger partial charge in [-0.3, -0.25) is 0 Å². The molecule has 0 fully saturated rings. The normalized spacial score (nSPS) is 11.6. The summed E-state index contributed by atoms with van der Waals surface area (Å²) in [6.07, 6.45) is 0. The van der Waals surface area contributed by atoms with Crippen LogP contribution in [0.5, 0.6) is 11.5 Å². The molecule has 0 aliphatic heterocycles. The maximum atomic E-state index is 12.8. The van der Waals surface area contributed by atoms with Crippen LogP contribution in [-0.4, -0.2) is 18.6 Å². The van der Waals surface area contributed by atoms with Crippen molar-refractivity contribution in [3.8, 4) is 11.5 Å². The number of phenols is 2. The number of hydrogen-bond acceptors (Lipinski definition) is 4. The Kier molecular flexibility index (Phi) is 3.72. The Morgan fingerprint density at radius 1 is 0.762 bits per heavy atom. The van der Waals surface area contributed by atoms with Crippen LogP contribution in [0.3, 0.4) is 0 Å². The molecule has 2 rings (SSSR count). The van der Waals surface area contributed by atoms with Crippen LogP contribution in [0.1, 0.15) is 22.3 Å². The first-order valence-corrected chi connectivity index (χ1v) is 7.98. The zero-order valence-electron chi connectivity index (χ0n) is 12.4. The van der Waals surface area contributed by atoms with Gasteiger partial charge in [0.2, 0.25) is 9.84 Å². The van der Waals surface area contributed by atoms with E-state index in [2.05, 4.69) is 0 Å². The number of phenolic OH excluding ortho intramolecular Hbond substituents is 2. The smallest absolute Gasteiger partial charge is 0.207 e. The van der Waals surface area contributed by atoms with Gasteiger partial charge in [0.25, 0.3) is 0 Å². The second kappa shape index (κ2) is 5.07. The molecule has 0 radical (unpaired) electrons. The number of rotatable bonds is 2. The highest BCUT2D eigenvalue weighted by atomic mass is 32.2. The molecular formula is C16H18O4S. The minimum Gasteiger partial charge on any atom is -0.508 e. The highest BCUT2D eigenvalue weighted by molar-refractivity contribution is 7.91. The third-order valence-electron chi connectivity index (χ3n) is 3.55. The highest BCUT2D eigenvalue weighted by Crippen LogP contribution is 2.34. The average Bonchev–Trinajstić information content (AvgIpc) is 2.37. The number of aryl methyl sites for hydroxylation is 3. The minimum atomic E-state index is -3.80. The third-order valence-corrected chi connectivity index (χ3v) is 5.57. The van der Waals surface area contributed by atoms with Gasteiger partial charge in [0.15, 0.2) is 0 Å². The molecule has 21 heavy (non-hydrogen) atoms. The van der Waals surface area contributed by atoms with Crippen molar-refractivity contribution in [1.82, 2.24) is 0 Å². The van der Waals surface area contributed by atoms with Crippen molar-refractivity contribution >= 4 is 9.84 Å². The maximum absolute atomic E-state index is 12.8. The summed E-state index contributed by atoms with van der Waals surface area (Å²) in [6.45, 7) is 6.68. The molecule has 2 aromatic rings.